The summed E-state index contributed by atoms with van der Waals surface area (Å²) in [7, 11) is 1.67. The van der Waals surface area contributed by atoms with Crippen LogP contribution in [0.5, 0.6) is 0 Å². The molecule has 0 bridgehead atoms. The van der Waals surface area contributed by atoms with Gasteiger partial charge in [0.2, 0.25) is 5.91 Å². The minimum absolute atomic E-state index is 0.171. The Morgan fingerprint density at radius 1 is 1.08 bits per heavy atom. The fourth-order valence-corrected chi connectivity index (χ4v) is 2.43. The first-order valence-corrected chi connectivity index (χ1v) is 7.99. The van der Waals surface area contributed by atoms with Crippen LogP contribution in [0.4, 0.5) is 0 Å². The number of carbonyl (C=O) groups excluding carboxylic acids is 1. The van der Waals surface area contributed by atoms with Gasteiger partial charge < -0.3 is 4.90 Å². The van der Waals surface area contributed by atoms with Crippen LogP contribution < -0.4 is 5.69 Å². The molecule has 128 valence electrons. The molecular weight excluding hydrogens is 342 g/mol. The average Bonchev–Trinajstić information content (AvgIpc) is 2.98. The van der Waals surface area contributed by atoms with Crippen LogP contribution in [-0.2, 0) is 17.9 Å². The van der Waals surface area contributed by atoms with Gasteiger partial charge in [-0.2, -0.15) is 9.36 Å². The summed E-state index contributed by atoms with van der Waals surface area (Å²) < 4.78 is 2.21. The van der Waals surface area contributed by atoms with Crippen molar-refractivity contribution in [2.24, 2.45) is 0 Å². The van der Waals surface area contributed by atoms with Crippen molar-refractivity contribution in [1.82, 2.24) is 24.7 Å². The Labute approximate surface area is 149 Å². The molecule has 0 radical (unpaired) electrons. The van der Waals surface area contributed by atoms with Crippen LogP contribution >= 0.6 is 11.6 Å². The molecule has 0 fully saturated rings. The molecule has 0 aliphatic carbocycles. The van der Waals surface area contributed by atoms with Gasteiger partial charge >= 0.3 is 5.69 Å². The maximum Gasteiger partial charge on any atom is 0.368 e. The van der Waals surface area contributed by atoms with E-state index in [1.54, 1.807) is 43.4 Å². The van der Waals surface area contributed by atoms with Crippen LogP contribution in [0.15, 0.2) is 59.4 Å². The molecule has 0 unspecified atom stereocenters. The topological polar surface area (TPSA) is 73.0 Å². The second kappa shape index (κ2) is 7.31. The molecule has 3 aromatic rings. The third-order valence-electron chi connectivity index (χ3n) is 3.68. The van der Waals surface area contributed by atoms with E-state index in [4.69, 9.17) is 11.6 Å². The van der Waals surface area contributed by atoms with Crippen molar-refractivity contribution < 1.29 is 4.79 Å². The van der Waals surface area contributed by atoms with Crippen molar-refractivity contribution >= 4 is 17.5 Å². The Morgan fingerprint density at radius 2 is 1.76 bits per heavy atom. The SMILES string of the molecule is CN(Cc1ccc(Cl)cc1)C(=O)Cn1nnn(-c2ccccc2)c1=O. The highest BCUT2D eigenvalue weighted by molar-refractivity contribution is 6.30. The lowest BCUT2D eigenvalue weighted by molar-refractivity contribution is -0.131. The molecular formula is C17H16ClN5O2. The first kappa shape index (κ1) is 16.9. The van der Waals surface area contributed by atoms with Crippen LogP contribution in [0.25, 0.3) is 5.69 Å². The number of aromatic nitrogens is 4. The van der Waals surface area contributed by atoms with Gasteiger partial charge in [0.1, 0.15) is 6.54 Å². The summed E-state index contributed by atoms with van der Waals surface area (Å²) in [6, 6.07) is 16.2. The zero-order chi connectivity index (χ0) is 17.8. The number of rotatable bonds is 5. The number of nitrogens with zero attached hydrogens (tertiary/aromatic N) is 5. The van der Waals surface area contributed by atoms with Crippen molar-refractivity contribution in [3.05, 3.63) is 75.7 Å². The summed E-state index contributed by atoms with van der Waals surface area (Å²) in [6.45, 7) is 0.243. The highest BCUT2D eigenvalue weighted by atomic mass is 35.5. The molecule has 0 atom stereocenters. The van der Waals surface area contributed by atoms with Crippen LogP contribution in [-0.4, -0.2) is 37.6 Å². The summed E-state index contributed by atoms with van der Waals surface area (Å²) in [6.07, 6.45) is 0. The van der Waals surface area contributed by atoms with Gasteiger partial charge in [-0.3, -0.25) is 4.79 Å². The molecule has 3 rings (SSSR count). The average molecular weight is 358 g/mol. The van der Waals surface area contributed by atoms with E-state index >= 15 is 0 Å². The fourth-order valence-electron chi connectivity index (χ4n) is 2.31. The van der Waals surface area contributed by atoms with Crippen molar-refractivity contribution in [2.75, 3.05) is 7.05 Å². The maximum atomic E-state index is 12.3. The Balaban J connectivity index is 1.70. The fraction of sp³-hybridized carbons (Fsp3) is 0.176. The predicted molar refractivity (Wildman–Crippen MR) is 93.5 cm³/mol. The molecule has 25 heavy (non-hydrogen) atoms. The molecule has 0 aliphatic rings. The van der Waals surface area contributed by atoms with E-state index in [2.05, 4.69) is 10.4 Å². The van der Waals surface area contributed by atoms with Crippen molar-refractivity contribution in [3.63, 3.8) is 0 Å². The monoisotopic (exact) mass is 357 g/mol. The Bertz CT molecular complexity index is 918. The van der Waals surface area contributed by atoms with Gasteiger partial charge in [-0.1, -0.05) is 41.9 Å². The van der Waals surface area contributed by atoms with Gasteiger partial charge in [-0.15, -0.1) is 0 Å². The van der Waals surface area contributed by atoms with Gasteiger partial charge in [0.25, 0.3) is 0 Å². The van der Waals surface area contributed by atoms with E-state index in [1.807, 2.05) is 18.2 Å². The van der Waals surface area contributed by atoms with E-state index in [9.17, 15) is 9.59 Å². The van der Waals surface area contributed by atoms with Gasteiger partial charge in [-0.05, 0) is 40.3 Å². The molecule has 1 heterocycles. The van der Waals surface area contributed by atoms with Crippen LogP contribution in [0, 0.1) is 0 Å². The minimum atomic E-state index is -0.459. The van der Waals surface area contributed by atoms with Crippen LogP contribution in [0.2, 0.25) is 5.02 Å². The third-order valence-corrected chi connectivity index (χ3v) is 3.94. The van der Waals surface area contributed by atoms with E-state index in [0.29, 0.717) is 17.3 Å². The molecule has 0 spiro atoms. The molecule has 1 amide bonds. The predicted octanol–water partition coefficient (Wildman–Crippen LogP) is 1.74. The summed E-state index contributed by atoms with van der Waals surface area (Å²) in [5, 5.41) is 8.25. The van der Waals surface area contributed by atoms with Gasteiger partial charge in [0, 0.05) is 18.6 Å². The number of benzene rings is 2. The molecule has 0 saturated heterocycles. The van der Waals surface area contributed by atoms with E-state index in [1.165, 1.54) is 4.90 Å². The number of hydrogen-bond acceptors (Lipinski definition) is 4. The zero-order valence-corrected chi connectivity index (χ0v) is 14.3. The number of likely N-dealkylation sites (N-methyl/N-ethyl adjacent to an activating group) is 1. The number of carbonyl (C=O) groups is 1. The summed E-state index contributed by atoms with van der Waals surface area (Å²) in [4.78, 5) is 26.2. The number of para-hydroxylation sites is 1. The van der Waals surface area contributed by atoms with Gasteiger partial charge in [-0.25, -0.2) is 4.79 Å². The summed E-state index contributed by atoms with van der Waals surface area (Å²) >= 11 is 5.85. The maximum absolute atomic E-state index is 12.3. The lowest BCUT2D eigenvalue weighted by Gasteiger charge is -2.16. The smallest absolute Gasteiger partial charge is 0.340 e. The molecule has 8 heteroatoms. The lowest BCUT2D eigenvalue weighted by Crippen LogP contribution is -2.34. The summed E-state index contributed by atoms with van der Waals surface area (Å²) in [5.74, 6) is -0.239. The van der Waals surface area contributed by atoms with E-state index in [-0.39, 0.29) is 12.5 Å². The minimum Gasteiger partial charge on any atom is -0.340 e. The molecule has 0 aliphatic heterocycles. The molecule has 7 nitrogen and oxygen atoms in total. The first-order chi connectivity index (χ1) is 12.0. The second-order valence-electron chi connectivity index (χ2n) is 5.54. The highest BCUT2D eigenvalue weighted by Crippen LogP contribution is 2.11. The van der Waals surface area contributed by atoms with Crippen molar-refractivity contribution in [3.8, 4) is 5.69 Å². The van der Waals surface area contributed by atoms with Gasteiger partial charge in [0.15, 0.2) is 0 Å². The van der Waals surface area contributed by atoms with E-state index < -0.39 is 5.69 Å². The quantitative estimate of drug-likeness (QED) is 0.697. The number of tetrazole rings is 1. The number of halogens is 1. The van der Waals surface area contributed by atoms with E-state index in [0.717, 1.165) is 14.9 Å². The first-order valence-electron chi connectivity index (χ1n) is 7.61. The molecule has 2 aromatic carbocycles. The lowest BCUT2D eigenvalue weighted by atomic mass is 10.2. The van der Waals surface area contributed by atoms with Crippen LogP contribution in [0.3, 0.4) is 0 Å². The zero-order valence-electron chi connectivity index (χ0n) is 13.5. The largest absolute Gasteiger partial charge is 0.368 e. The number of amides is 1. The second-order valence-corrected chi connectivity index (χ2v) is 5.98. The molecule has 0 N–H and O–H groups in total. The standard InChI is InChI=1S/C17H16ClN5O2/c1-21(11-13-7-9-14(18)10-8-13)16(24)12-22-17(25)23(20-19-22)15-5-3-2-4-6-15/h2-10H,11-12H2,1H3. The third kappa shape index (κ3) is 3.95. The Kier molecular flexibility index (Phi) is 4.95. The van der Waals surface area contributed by atoms with Crippen molar-refractivity contribution in [2.45, 2.75) is 13.1 Å². The normalized spacial score (nSPS) is 10.6. The molecule has 0 saturated carbocycles. The Hall–Kier alpha value is -2.93. The van der Waals surface area contributed by atoms with Crippen molar-refractivity contribution in [1.29, 1.82) is 0 Å². The van der Waals surface area contributed by atoms with Crippen LogP contribution in [0.1, 0.15) is 5.56 Å². The summed E-state index contributed by atoms with van der Waals surface area (Å²) in [5.41, 5.74) is 1.08. The molecule has 1 aromatic heterocycles. The highest BCUT2D eigenvalue weighted by Gasteiger charge is 2.15. The Morgan fingerprint density at radius 3 is 2.44 bits per heavy atom. The van der Waals surface area contributed by atoms with Gasteiger partial charge in [0.05, 0.1) is 5.69 Å². The number of hydrogen-bond donors (Lipinski definition) is 0.